The molecule has 2 heteroatoms. The molecule has 0 saturated carbocycles. The van der Waals surface area contributed by atoms with Crippen LogP contribution in [-0.4, -0.2) is 0 Å². The van der Waals surface area contributed by atoms with E-state index >= 15 is 0 Å². The van der Waals surface area contributed by atoms with Crippen LogP contribution in [0.4, 0.5) is 0 Å². The highest BCUT2D eigenvalue weighted by molar-refractivity contribution is 7.25. The van der Waals surface area contributed by atoms with Gasteiger partial charge < -0.3 is 4.42 Å². The van der Waals surface area contributed by atoms with E-state index in [-0.39, 0.29) is 0 Å². The van der Waals surface area contributed by atoms with Gasteiger partial charge in [0.1, 0.15) is 11.2 Å². The lowest BCUT2D eigenvalue weighted by Gasteiger charge is -2.20. The predicted molar refractivity (Wildman–Crippen MR) is 198 cm³/mol. The van der Waals surface area contributed by atoms with Crippen LogP contribution in [0.1, 0.15) is 0 Å². The lowest BCUT2D eigenvalue weighted by atomic mass is 9.83. The van der Waals surface area contributed by atoms with Crippen molar-refractivity contribution in [2.45, 2.75) is 0 Å². The Morgan fingerprint density at radius 2 is 0.870 bits per heavy atom. The first-order valence-electron chi connectivity index (χ1n) is 15.7. The van der Waals surface area contributed by atoms with E-state index in [0.717, 1.165) is 21.9 Å². The summed E-state index contributed by atoms with van der Waals surface area (Å²) in [6, 6.07) is 57.3. The van der Waals surface area contributed by atoms with Gasteiger partial charge in [0.05, 0.1) is 0 Å². The van der Waals surface area contributed by atoms with Crippen LogP contribution < -0.4 is 0 Å². The monoisotopic (exact) mass is 602 g/mol. The molecule has 0 unspecified atom stereocenters. The van der Waals surface area contributed by atoms with Crippen LogP contribution in [0.15, 0.2) is 162 Å². The third-order valence-corrected chi connectivity index (χ3v) is 10.6. The Morgan fingerprint density at radius 1 is 0.348 bits per heavy atom. The number of fused-ring (bicyclic) bond motifs is 8. The van der Waals surface area contributed by atoms with E-state index in [2.05, 4.69) is 152 Å². The van der Waals surface area contributed by atoms with E-state index in [1.54, 1.807) is 0 Å². The molecule has 214 valence electrons. The number of hydrogen-bond donors (Lipinski definition) is 0. The van der Waals surface area contributed by atoms with E-state index < -0.39 is 0 Å². The number of para-hydroxylation sites is 1. The highest BCUT2D eigenvalue weighted by Gasteiger charge is 2.21. The second kappa shape index (κ2) is 9.90. The van der Waals surface area contributed by atoms with E-state index in [4.69, 9.17) is 4.42 Å². The Kier molecular flexibility index (Phi) is 5.51. The molecule has 0 atom stereocenters. The zero-order valence-electron chi connectivity index (χ0n) is 24.8. The zero-order chi connectivity index (χ0) is 30.2. The largest absolute Gasteiger partial charge is 0.456 e. The fourth-order valence-corrected chi connectivity index (χ4v) is 8.62. The number of thiophene rings is 1. The van der Waals surface area contributed by atoms with Gasteiger partial charge in [-0.1, -0.05) is 127 Å². The highest BCUT2D eigenvalue weighted by atomic mass is 32.1. The van der Waals surface area contributed by atoms with Gasteiger partial charge in [0.2, 0.25) is 0 Å². The maximum atomic E-state index is 6.35. The highest BCUT2D eigenvalue weighted by Crippen LogP contribution is 2.48. The van der Waals surface area contributed by atoms with Crippen molar-refractivity contribution in [3.8, 4) is 33.4 Å². The van der Waals surface area contributed by atoms with Crippen molar-refractivity contribution < 1.29 is 4.42 Å². The molecule has 10 aromatic rings. The van der Waals surface area contributed by atoms with Gasteiger partial charge in [0.15, 0.2) is 0 Å². The first kappa shape index (κ1) is 25.6. The average Bonchev–Trinajstić information content (AvgIpc) is 3.69. The second-order valence-corrected chi connectivity index (χ2v) is 13.1. The third kappa shape index (κ3) is 3.68. The van der Waals surface area contributed by atoms with Crippen molar-refractivity contribution in [1.82, 2.24) is 0 Å². The summed E-state index contributed by atoms with van der Waals surface area (Å²) in [5.41, 5.74) is 9.26. The minimum atomic E-state index is 0.914. The summed E-state index contributed by atoms with van der Waals surface area (Å²) in [6.07, 6.45) is 0. The van der Waals surface area contributed by atoms with E-state index in [1.807, 2.05) is 17.4 Å². The Morgan fingerprint density at radius 3 is 1.61 bits per heavy atom. The minimum absolute atomic E-state index is 0.914. The van der Waals surface area contributed by atoms with Crippen LogP contribution in [0.3, 0.4) is 0 Å². The number of furan rings is 1. The number of rotatable bonds is 3. The van der Waals surface area contributed by atoms with Crippen molar-refractivity contribution in [2.75, 3.05) is 0 Å². The Bertz CT molecular complexity index is 2760. The van der Waals surface area contributed by atoms with Gasteiger partial charge in [-0.25, -0.2) is 0 Å². The lowest BCUT2D eigenvalue weighted by molar-refractivity contribution is 0.669. The van der Waals surface area contributed by atoms with Crippen molar-refractivity contribution in [3.63, 3.8) is 0 Å². The maximum absolute atomic E-state index is 6.35. The van der Waals surface area contributed by atoms with Crippen LogP contribution >= 0.6 is 11.3 Å². The Labute approximate surface area is 269 Å². The molecule has 2 heterocycles. The molecule has 0 amide bonds. The molecule has 10 rings (SSSR count). The van der Waals surface area contributed by atoms with Crippen LogP contribution in [0.25, 0.3) is 97.0 Å². The molecule has 0 aliphatic heterocycles. The summed E-state index contributed by atoms with van der Waals surface area (Å²) in [7, 11) is 0. The topological polar surface area (TPSA) is 13.1 Å². The summed E-state index contributed by atoms with van der Waals surface area (Å²) >= 11 is 1.86. The standard InChI is InChI=1S/C44H26OS/c1-2-14-30(28(12-1)27-24-25-41-37(26-27)29-13-8-10-23-40(29)46-41)42-31-15-3-5-17-33(31)43(34-18-6-4-16-32(34)42)36-20-11-22-39-44(36)35-19-7-9-21-38(35)45-39/h1-26H. The molecule has 0 bridgehead atoms. The van der Waals surface area contributed by atoms with Gasteiger partial charge in [0.25, 0.3) is 0 Å². The van der Waals surface area contributed by atoms with E-state index in [0.29, 0.717) is 0 Å². The van der Waals surface area contributed by atoms with Gasteiger partial charge in [-0.3, -0.25) is 0 Å². The minimum Gasteiger partial charge on any atom is -0.456 e. The SMILES string of the molecule is c1ccc(-c2c3ccccc3c(-c3cccc4oc5ccccc5c34)c3ccccc23)c(-c2ccc3sc4ccccc4c3c2)c1. The fraction of sp³-hybridized carbons (Fsp3) is 0. The molecule has 0 radical (unpaired) electrons. The summed E-state index contributed by atoms with van der Waals surface area (Å²) < 4.78 is 9.00. The lowest BCUT2D eigenvalue weighted by Crippen LogP contribution is -1.93. The van der Waals surface area contributed by atoms with Crippen LogP contribution in [0.5, 0.6) is 0 Å². The van der Waals surface area contributed by atoms with Gasteiger partial charge in [0, 0.05) is 30.9 Å². The normalized spacial score (nSPS) is 11.9. The molecule has 46 heavy (non-hydrogen) atoms. The second-order valence-electron chi connectivity index (χ2n) is 12.0. The molecule has 0 saturated heterocycles. The van der Waals surface area contributed by atoms with Crippen molar-refractivity contribution in [1.29, 1.82) is 0 Å². The molecular weight excluding hydrogens is 577 g/mol. The number of hydrogen-bond acceptors (Lipinski definition) is 2. The quantitative estimate of drug-likeness (QED) is 0.183. The molecular formula is C44H26OS. The van der Waals surface area contributed by atoms with E-state index in [9.17, 15) is 0 Å². The number of benzene rings is 8. The summed E-state index contributed by atoms with van der Waals surface area (Å²) in [6.45, 7) is 0. The Balaban J connectivity index is 1.30. The molecule has 1 nitrogen and oxygen atoms in total. The maximum Gasteiger partial charge on any atom is 0.136 e. The molecule has 2 aromatic heterocycles. The van der Waals surface area contributed by atoms with Crippen LogP contribution in [-0.2, 0) is 0 Å². The predicted octanol–water partition coefficient (Wildman–Crippen LogP) is 13.3. The molecule has 0 aliphatic rings. The molecule has 0 spiro atoms. The van der Waals surface area contributed by atoms with Crippen molar-refractivity contribution in [3.05, 3.63) is 158 Å². The first-order valence-corrected chi connectivity index (χ1v) is 16.5. The van der Waals surface area contributed by atoms with Crippen molar-refractivity contribution in [2.24, 2.45) is 0 Å². The van der Waals surface area contributed by atoms with Crippen molar-refractivity contribution >= 4 is 75.0 Å². The Hall–Kier alpha value is -5.70. The molecule has 0 fully saturated rings. The molecule has 0 N–H and O–H groups in total. The van der Waals surface area contributed by atoms with Gasteiger partial charge >= 0.3 is 0 Å². The fourth-order valence-electron chi connectivity index (χ4n) is 7.54. The van der Waals surface area contributed by atoms with Gasteiger partial charge in [-0.05, 0) is 85.3 Å². The average molecular weight is 603 g/mol. The summed E-state index contributed by atoms with van der Waals surface area (Å²) in [5.74, 6) is 0. The zero-order valence-corrected chi connectivity index (χ0v) is 25.6. The van der Waals surface area contributed by atoms with Gasteiger partial charge in [-0.15, -0.1) is 11.3 Å². The van der Waals surface area contributed by atoms with Gasteiger partial charge in [-0.2, -0.15) is 0 Å². The van der Waals surface area contributed by atoms with Crippen LogP contribution in [0, 0.1) is 0 Å². The summed E-state index contributed by atoms with van der Waals surface area (Å²) in [4.78, 5) is 0. The summed E-state index contributed by atoms with van der Waals surface area (Å²) in [5, 5.41) is 9.92. The first-order chi connectivity index (χ1) is 22.8. The van der Waals surface area contributed by atoms with Crippen LogP contribution in [0.2, 0.25) is 0 Å². The third-order valence-electron chi connectivity index (χ3n) is 9.49. The van der Waals surface area contributed by atoms with E-state index in [1.165, 1.54) is 75.1 Å². The molecule has 0 aliphatic carbocycles. The smallest absolute Gasteiger partial charge is 0.136 e. The molecule has 8 aromatic carbocycles.